The molecule has 0 aliphatic rings. The number of hydrogen-bond acceptors (Lipinski definition) is 4. The first-order valence-corrected chi connectivity index (χ1v) is 7.69. The van der Waals surface area contributed by atoms with Crippen LogP contribution in [0.2, 0.25) is 0 Å². The van der Waals surface area contributed by atoms with E-state index in [1.807, 2.05) is 37.3 Å². The number of ether oxygens (including phenoxy) is 2. The third-order valence-corrected chi connectivity index (χ3v) is 3.60. The first-order chi connectivity index (χ1) is 11.7. The molecule has 0 saturated heterocycles. The predicted molar refractivity (Wildman–Crippen MR) is 91.3 cm³/mol. The lowest BCUT2D eigenvalue weighted by molar-refractivity contribution is 0.0472. The number of hydrogen-bond donors (Lipinski definition) is 1. The van der Waals surface area contributed by atoms with Crippen LogP contribution in [0.1, 0.15) is 22.8 Å². The van der Waals surface area contributed by atoms with E-state index >= 15 is 0 Å². The minimum atomic E-state index is -0.538. The maximum atomic E-state index is 12.4. The van der Waals surface area contributed by atoms with E-state index in [0.29, 0.717) is 23.3 Å². The summed E-state index contributed by atoms with van der Waals surface area (Å²) in [4.78, 5) is 26.9. The molecule has 1 N–H and O–H groups in total. The number of H-pyrrole nitrogens is 1. The van der Waals surface area contributed by atoms with Crippen molar-refractivity contribution in [3.8, 4) is 5.75 Å². The lowest BCUT2D eigenvalue weighted by atomic mass is 10.1. The Labute approximate surface area is 138 Å². The summed E-state index contributed by atoms with van der Waals surface area (Å²) in [5, 5.41) is 0.653. The van der Waals surface area contributed by atoms with E-state index in [1.54, 1.807) is 18.2 Å². The van der Waals surface area contributed by atoms with Gasteiger partial charge in [0, 0.05) is 22.5 Å². The number of pyridine rings is 1. The van der Waals surface area contributed by atoms with E-state index in [-0.39, 0.29) is 17.7 Å². The van der Waals surface area contributed by atoms with Crippen molar-refractivity contribution >= 4 is 16.9 Å². The van der Waals surface area contributed by atoms with E-state index in [0.717, 1.165) is 5.56 Å². The minimum Gasteiger partial charge on any atom is -0.493 e. The van der Waals surface area contributed by atoms with E-state index in [9.17, 15) is 9.59 Å². The van der Waals surface area contributed by atoms with Crippen molar-refractivity contribution in [2.24, 2.45) is 0 Å². The van der Waals surface area contributed by atoms with Crippen LogP contribution in [-0.4, -0.2) is 17.6 Å². The topological polar surface area (TPSA) is 68.4 Å². The van der Waals surface area contributed by atoms with E-state index in [4.69, 9.17) is 9.47 Å². The lowest BCUT2D eigenvalue weighted by Gasteiger charge is -2.11. The molecule has 3 rings (SSSR count). The Balaban J connectivity index is 1.85. The van der Waals surface area contributed by atoms with Crippen molar-refractivity contribution in [1.82, 2.24) is 4.98 Å². The van der Waals surface area contributed by atoms with Crippen LogP contribution >= 0.6 is 0 Å². The summed E-state index contributed by atoms with van der Waals surface area (Å²) in [5.74, 6) is 0.146. The van der Waals surface area contributed by atoms with Crippen molar-refractivity contribution in [2.45, 2.75) is 13.5 Å². The van der Waals surface area contributed by atoms with Crippen LogP contribution in [-0.2, 0) is 11.3 Å². The maximum absolute atomic E-state index is 12.4. The first-order valence-electron chi connectivity index (χ1n) is 7.69. The van der Waals surface area contributed by atoms with Crippen LogP contribution in [0, 0.1) is 0 Å². The molecule has 122 valence electrons. The standard InChI is InChI=1S/C19H17NO4/c1-2-23-17-10-6-3-7-13(17)12-24-19(22)15-11-18(21)20-16-9-5-4-8-14(15)16/h3-11H,2,12H2,1H3,(H,20,21). The third-order valence-electron chi connectivity index (χ3n) is 3.60. The number of fused-ring (bicyclic) bond motifs is 1. The second kappa shape index (κ2) is 7.00. The Kier molecular flexibility index (Phi) is 4.61. The smallest absolute Gasteiger partial charge is 0.339 e. The van der Waals surface area contributed by atoms with Gasteiger partial charge in [-0.15, -0.1) is 0 Å². The van der Waals surface area contributed by atoms with Gasteiger partial charge in [0.2, 0.25) is 5.56 Å². The lowest BCUT2D eigenvalue weighted by Crippen LogP contribution is -2.13. The number of aromatic nitrogens is 1. The Morgan fingerprint density at radius 3 is 2.67 bits per heavy atom. The van der Waals surface area contributed by atoms with Crippen molar-refractivity contribution in [2.75, 3.05) is 6.61 Å². The SMILES string of the molecule is CCOc1ccccc1COC(=O)c1cc(=O)[nH]c2ccccc12. The molecule has 0 aliphatic carbocycles. The van der Waals surface area contributed by atoms with Gasteiger partial charge in [-0.1, -0.05) is 36.4 Å². The minimum absolute atomic E-state index is 0.0795. The predicted octanol–water partition coefficient (Wildman–Crippen LogP) is 3.28. The summed E-state index contributed by atoms with van der Waals surface area (Å²) in [7, 11) is 0. The average molecular weight is 323 g/mol. The Morgan fingerprint density at radius 1 is 1.08 bits per heavy atom. The molecule has 0 saturated carbocycles. The molecular formula is C19H17NO4. The second-order valence-electron chi connectivity index (χ2n) is 5.21. The van der Waals surface area contributed by atoms with Gasteiger partial charge in [0.15, 0.2) is 0 Å². The molecule has 5 nitrogen and oxygen atoms in total. The molecule has 0 spiro atoms. The van der Waals surface area contributed by atoms with Crippen molar-refractivity contribution in [3.63, 3.8) is 0 Å². The zero-order valence-electron chi connectivity index (χ0n) is 13.2. The highest BCUT2D eigenvalue weighted by Crippen LogP contribution is 2.20. The molecular weight excluding hydrogens is 306 g/mol. The molecule has 5 heteroatoms. The quantitative estimate of drug-likeness (QED) is 0.732. The molecule has 0 aliphatic heterocycles. The molecule has 0 fully saturated rings. The molecule has 24 heavy (non-hydrogen) atoms. The van der Waals surface area contributed by atoms with Crippen molar-refractivity contribution < 1.29 is 14.3 Å². The number of rotatable bonds is 5. The number of nitrogens with one attached hydrogen (secondary N) is 1. The number of para-hydroxylation sites is 2. The fourth-order valence-electron chi connectivity index (χ4n) is 2.51. The highest BCUT2D eigenvalue weighted by Gasteiger charge is 2.14. The molecule has 0 amide bonds. The maximum Gasteiger partial charge on any atom is 0.339 e. The van der Waals surface area contributed by atoms with Crippen LogP contribution in [0.5, 0.6) is 5.75 Å². The summed E-state index contributed by atoms with van der Waals surface area (Å²) in [6, 6.07) is 15.8. The highest BCUT2D eigenvalue weighted by molar-refractivity contribution is 6.03. The number of esters is 1. The van der Waals surface area contributed by atoms with Crippen LogP contribution in [0.25, 0.3) is 10.9 Å². The number of carbonyl (C=O) groups excluding carboxylic acids is 1. The van der Waals surface area contributed by atoms with Gasteiger partial charge in [-0.2, -0.15) is 0 Å². The van der Waals surface area contributed by atoms with E-state index in [2.05, 4.69) is 4.98 Å². The average Bonchev–Trinajstić information content (AvgIpc) is 2.60. The fourth-order valence-corrected chi connectivity index (χ4v) is 2.51. The molecule has 3 aromatic rings. The second-order valence-corrected chi connectivity index (χ2v) is 5.21. The van der Waals surface area contributed by atoms with Crippen LogP contribution in [0.4, 0.5) is 0 Å². The van der Waals surface area contributed by atoms with Gasteiger partial charge in [0.25, 0.3) is 0 Å². The summed E-state index contributed by atoms with van der Waals surface area (Å²) in [6.07, 6.45) is 0. The number of benzene rings is 2. The molecule has 1 heterocycles. The summed E-state index contributed by atoms with van der Waals surface area (Å²) < 4.78 is 10.9. The zero-order chi connectivity index (χ0) is 16.9. The molecule has 0 bridgehead atoms. The van der Waals surface area contributed by atoms with Gasteiger partial charge >= 0.3 is 5.97 Å². The monoisotopic (exact) mass is 323 g/mol. The Hall–Kier alpha value is -3.08. The fraction of sp³-hybridized carbons (Fsp3) is 0.158. The van der Waals surface area contributed by atoms with Gasteiger partial charge in [0.1, 0.15) is 12.4 Å². The van der Waals surface area contributed by atoms with Crippen molar-refractivity contribution in [3.05, 3.63) is 76.1 Å². The molecule has 0 radical (unpaired) electrons. The van der Waals surface area contributed by atoms with Gasteiger partial charge < -0.3 is 14.5 Å². The largest absolute Gasteiger partial charge is 0.493 e. The van der Waals surface area contributed by atoms with Gasteiger partial charge in [-0.25, -0.2) is 4.79 Å². The van der Waals surface area contributed by atoms with E-state index in [1.165, 1.54) is 6.07 Å². The summed E-state index contributed by atoms with van der Waals surface area (Å²) in [5.41, 5.74) is 1.30. The Bertz CT molecular complexity index is 930. The van der Waals surface area contributed by atoms with E-state index < -0.39 is 5.97 Å². The summed E-state index contributed by atoms with van der Waals surface area (Å²) in [6.45, 7) is 2.50. The molecule has 2 aromatic carbocycles. The van der Waals surface area contributed by atoms with Crippen LogP contribution in [0.3, 0.4) is 0 Å². The normalized spacial score (nSPS) is 10.5. The first kappa shape index (κ1) is 15.8. The van der Waals surface area contributed by atoms with Crippen molar-refractivity contribution in [1.29, 1.82) is 0 Å². The van der Waals surface area contributed by atoms with Gasteiger partial charge in [0.05, 0.1) is 12.2 Å². The number of aromatic amines is 1. The van der Waals surface area contributed by atoms with Crippen LogP contribution < -0.4 is 10.3 Å². The zero-order valence-corrected chi connectivity index (χ0v) is 13.2. The molecule has 0 atom stereocenters. The third kappa shape index (κ3) is 3.30. The highest BCUT2D eigenvalue weighted by atomic mass is 16.5. The van der Waals surface area contributed by atoms with Gasteiger partial charge in [-0.05, 0) is 19.1 Å². The Morgan fingerprint density at radius 2 is 1.83 bits per heavy atom. The molecule has 0 unspecified atom stereocenters. The molecule has 1 aromatic heterocycles. The van der Waals surface area contributed by atoms with Crippen LogP contribution in [0.15, 0.2) is 59.4 Å². The summed E-state index contributed by atoms with van der Waals surface area (Å²) >= 11 is 0. The number of carbonyl (C=O) groups is 1. The van der Waals surface area contributed by atoms with Gasteiger partial charge in [-0.3, -0.25) is 4.79 Å².